The van der Waals surface area contributed by atoms with Gasteiger partial charge in [0.2, 0.25) is 0 Å². The molecule has 1 aliphatic rings. The van der Waals surface area contributed by atoms with Gasteiger partial charge in [0.15, 0.2) is 0 Å². The molecule has 0 bridgehead atoms. The fourth-order valence-electron chi connectivity index (χ4n) is 2.32. The molecule has 0 radical (unpaired) electrons. The minimum absolute atomic E-state index is 0.259. The van der Waals surface area contributed by atoms with Crippen molar-refractivity contribution in [3.8, 4) is 0 Å². The van der Waals surface area contributed by atoms with Gasteiger partial charge in [-0.2, -0.15) is 0 Å². The first-order chi connectivity index (χ1) is 9.90. The van der Waals surface area contributed by atoms with Crippen LogP contribution in [0.25, 0.3) is 0 Å². The Bertz CT molecular complexity index is 521. The van der Waals surface area contributed by atoms with Gasteiger partial charge in [-0.1, -0.05) is 35.5 Å². The molecule has 1 unspecified atom stereocenters. The predicted molar refractivity (Wildman–Crippen MR) is 74.2 cm³/mol. The molecule has 0 aliphatic carbocycles. The molecule has 0 N–H and O–H groups in total. The fourth-order valence-corrected chi connectivity index (χ4v) is 2.32. The van der Waals surface area contributed by atoms with Crippen LogP contribution in [0.1, 0.15) is 24.1 Å². The van der Waals surface area contributed by atoms with Gasteiger partial charge in [-0.25, -0.2) is 4.68 Å². The van der Waals surface area contributed by atoms with E-state index >= 15 is 0 Å². The molecule has 3 rings (SSSR count). The molecule has 0 amide bonds. The number of hydrogen-bond donors (Lipinski definition) is 0. The highest BCUT2D eigenvalue weighted by Gasteiger charge is 2.15. The van der Waals surface area contributed by atoms with Crippen LogP contribution in [0.15, 0.2) is 36.5 Å². The molecule has 0 spiro atoms. The van der Waals surface area contributed by atoms with Crippen LogP contribution in [0.3, 0.4) is 0 Å². The second-order valence-corrected chi connectivity index (χ2v) is 5.04. The van der Waals surface area contributed by atoms with E-state index in [2.05, 4.69) is 22.4 Å². The molecule has 1 aliphatic heterocycles. The Balaban J connectivity index is 1.46. The molecular formula is C15H19N3O2. The van der Waals surface area contributed by atoms with Crippen molar-refractivity contribution in [3.05, 3.63) is 47.8 Å². The van der Waals surface area contributed by atoms with E-state index in [1.807, 2.05) is 29.1 Å². The minimum atomic E-state index is 0.259. The summed E-state index contributed by atoms with van der Waals surface area (Å²) < 4.78 is 13.0. The Morgan fingerprint density at radius 2 is 2.20 bits per heavy atom. The molecule has 2 heterocycles. The van der Waals surface area contributed by atoms with Crippen LogP contribution >= 0.6 is 0 Å². The maximum absolute atomic E-state index is 5.63. The Morgan fingerprint density at radius 1 is 1.30 bits per heavy atom. The van der Waals surface area contributed by atoms with E-state index in [-0.39, 0.29) is 6.10 Å². The lowest BCUT2D eigenvalue weighted by atomic mass is 10.2. The smallest absolute Gasteiger partial charge is 0.108 e. The van der Waals surface area contributed by atoms with E-state index < -0.39 is 0 Å². The van der Waals surface area contributed by atoms with Crippen LogP contribution in [0.5, 0.6) is 0 Å². The highest BCUT2D eigenvalue weighted by atomic mass is 16.5. The molecule has 1 aromatic heterocycles. The lowest BCUT2D eigenvalue weighted by Gasteiger charge is -2.08. The molecular weight excluding hydrogens is 254 g/mol. The summed E-state index contributed by atoms with van der Waals surface area (Å²) >= 11 is 0. The standard InChI is InChI=1S/C15H19N3O2/c1-2-5-13(6-3-1)9-18-10-14(16-17-18)11-19-12-15-7-4-8-20-15/h1-3,5-6,10,15H,4,7-9,11-12H2. The number of benzene rings is 1. The van der Waals surface area contributed by atoms with Gasteiger partial charge in [-0.05, 0) is 18.4 Å². The fraction of sp³-hybridized carbons (Fsp3) is 0.467. The molecule has 1 aromatic carbocycles. The summed E-state index contributed by atoms with van der Waals surface area (Å²) in [4.78, 5) is 0. The zero-order chi connectivity index (χ0) is 13.6. The van der Waals surface area contributed by atoms with Crippen molar-refractivity contribution in [1.82, 2.24) is 15.0 Å². The molecule has 2 aromatic rings. The van der Waals surface area contributed by atoms with Gasteiger partial charge in [0.05, 0.1) is 32.1 Å². The normalized spacial score (nSPS) is 18.5. The molecule has 1 saturated heterocycles. The van der Waals surface area contributed by atoms with Gasteiger partial charge >= 0.3 is 0 Å². The lowest BCUT2D eigenvalue weighted by Crippen LogP contribution is -2.13. The molecule has 1 fully saturated rings. The van der Waals surface area contributed by atoms with Gasteiger partial charge in [0.25, 0.3) is 0 Å². The third kappa shape index (κ3) is 3.65. The Labute approximate surface area is 118 Å². The Morgan fingerprint density at radius 3 is 3.00 bits per heavy atom. The first kappa shape index (κ1) is 13.3. The van der Waals surface area contributed by atoms with Crippen molar-refractivity contribution < 1.29 is 9.47 Å². The van der Waals surface area contributed by atoms with Crippen LogP contribution < -0.4 is 0 Å². The predicted octanol–water partition coefficient (Wildman–Crippen LogP) is 2.02. The average Bonchev–Trinajstić information content (AvgIpc) is 3.12. The minimum Gasteiger partial charge on any atom is -0.376 e. The maximum atomic E-state index is 5.63. The second-order valence-electron chi connectivity index (χ2n) is 5.04. The van der Waals surface area contributed by atoms with Crippen LogP contribution in [-0.4, -0.2) is 34.3 Å². The van der Waals surface area contributed by atoms with E-state index in [0.717, 1.165) is 31.7 Å². The van der Waals surface area contributed by atoms with Crippen LogP contribution in [0.2, 0.25) is 0 Å². The van der Waals surface area contributed by atoms with Gasteiger partial charge in [0, 0.05) is 6.61 Å². The van der Waals surface area contributed by atoms with E-state index in [4.69, 9.17) is 9.47 Å². The summed E-state index contributed by atoms with van der Waals surface area (Å²) in [6.45, 7) is 2.74. The number of ether oxygens (including phenoxy) is 2. The van der Waals surface area contributed by atoms with Crippen molar-refractivity contribution >= 4 is 0 Å². The highest BCUT2D eigenvalue weighted by Crippen LogP contribution is 2.12. The molecule has 0 saturated carbocycles. The molecule has 1 atom stereocenters. The monoisotopic (exact) mass is 273 g/mol. The van der Waals surface area contributed by atoms with Gasteiger partial charge in [0.1, 0.15) is 5.69 Å². The van der Waals surface area contributed by atoms with E-state index in [1.54, 1.807) is 0 Å². The summed E-state index contributed by atoms with van der Waals surface area (Å²) in [6, 6.07) is 10.2. The Hall–Kier alpha value is -1.72. The Kier molecular flexibility index (Phi) is 4.40. The molecule has 20 heavy (non-hydrogen) atoms. The van der Waals surface area contributed by atoms with Gasteiger partial charge < -0.3 is 9.47 Å². The largest absolute Gasteiger partial charge is 0.376 e. The first-order valence-corrected chi connectivity index (χ1v) is 7.02. The molecule has 5 heteroatoms. The summed E-state index contributed by atoms with van der Waals surface area (Å²) in [5.41, 5.74) is 2.07. The van der Waals surface area contributed by atoms with Crippen molar-refractivity contribution in [2.45, 2.75) is 32.1 Å². The summed E-state index contributed by atoms with van der Waals surface area (Å²) in [7, 11) is 0. The number of aromatic nitrogens is 3. The SMILES string of the molecule is c1ccc(Cn2cc(COCC3CCCO3)nn2)cc1. The number of rotatable bonds is 6. The van der Waals surface area contributed by atoms with Crippen LogP contribution in [0, 0.1) is 0 Å². The van der Waals surface area contributed by atoms with Gasteiger partial charge in [-0.3, -0.25) is 0 Å². The van der Waals surface area contributed by atoms with Crippen molar-refractivity contribution in [1.29, 1.82) is 0 Å². The van der Waals surface area contributed by atoms with E-state index in [1.165, 1.54) is 5.56 Å². The van der Waals surface area contributed by atoms with Crippen LogP contribution in [0.4, 0.5) is 0 Å². The van der Waals surface area contributed by atoms with Gasteiger partial charge in [-0.15, -0.1) is 5.10 Å². The third-order valence-corrected chi connectivity index (χ3v) is 3.35. The van der Waals surface area contributed by atoms with E-state index in [0.29, 0.717) is 13.2 Å². The first-order valence-electron chi connectivity index (χ1n) is 7.02. The second kappa shape index (κ2) is 6.63. The van der Waals surface area contributed by atoms with E-state index in [9.17, 15) is 0 Å². The molecule has 5 nitrogen and oxygen atoms in total. The van der Waals surface area contributed by atoms with Crippen molar-refractivity contribution in [2.75, 3.05) is 13.2 Å². The number of hydrogen-bond acceptors (Lipinski definition) is 4. The topological polar surface area (TPSA) is 49.2 Å². The third-order valence-electron chi connectivity index (χ3n) is 3.35. The maximum Gasteiger partial charge on any atom is 0.108 e. The summed E-state index contributed by atoms with van der Waals surface area (Å²) in [5, 5.41) is 8.24. The zero-order valence-corrected chi connectivity index (χ0v) is 11.4. The average molecular weight is 273 g/mol. The van der Waals surface area contributed by atoms with Crippen LogP contribution in [-0.2, 0) is 22.6 Å². The van der Waals surface area contributed by atoms with Crippen molar-refractivity contribution in [3.63, 3.8) is 0 Å². The number of nitrogens with zero attached hydrogens (tertiary/aromatic N) is 3. The lowest BCUT2D eigenvalue weighted by molar-refractivity contribution is 0.00962. The quantitative estimate of drug-likeness (QED) is 0.808. The van der Waals surface area contributed by atoms with Crippen molar-refractivity contribution in [2.24, 2.45) is 0 Å². The molecule has 106 valence electrons. The highest BCUT2D eigenvalue weighted by molar-refractivity contribution is 5.14. The summed E-state index contributed by atoms with van der Waals surface area (Å²) in [5.74, 6) is 0. The zero-order valence-electron chi connectivity index (χ0n) is 11.4. The summed E-state index contributed by atoms with van der Waals surface area (Å²) in [6.07, 6.45) is 4.43.